The predicted molar refractivity (Wildman–Crippen MR) is 132 cm³/mol. The highest BCUT2D eigenvalue weighted by atomic mass is 35.5. The Hall–Kier alpha value is -2.08. The molecule has 0 aliphatic carbocycles. The molecule has 4 rings (SSSR count). The van der Waals surface area contributed by atoms with Gasteiger partial charge in [-0.05, 0) is 47.5 Å². The average Bonchev–Trinajstić information content (AvgIpc) is 2.82. The van der Waals surface area contributed by atoms with E-state index >= 15 is 0 Å². The molecule has 0 amide bonds. The summed E-state index contributed by atoms with van der Waals surface area (Å²) in [5, 5.41) is 12.1. The molecule has 0 saturated carbocycles. The highest BCUT2D eigenvalue weighted by Crippen LogP contribution is 2.28. The zero-order valence-electron chi connectivity index (χ0n) is 17.9. The Morgan fingerprint density at radius 3 is 1.81 bits per heavy atom. The first-order valence-corrected chi connectivity index (χ1v) is 11.7. The number of benzene rings is 3. The monoisotopic (exact) mass is 470 g/mol. The highest BCUT2D eigenvalue weighted by Gasteiger charge is 2.21. The second kappa shape index (κ2) is 11.2. The quantitative estimate of drug-likeness (QED) is 0.485. The molecule has 3 aromatic carbocycles. The average molecular weight is 471 g/mol. The van der Waals surface area contributed by atoms with E-state index in [2.05, 4.69) is 34.1 Å². The molecule has 1 aliphatic rings. The van der Waals surface area contributed by atoms with Crippen LogP contribution >= 0.6 is 23.2 Å². The lowest BCUT2D eigenvalue weighted by Gasteiger charge is -2.37. The third kappa shape index (κ3) is 6.25. The van der Waals surface area contributed by atoms with Gasteiger partial charge in [0.1, 0.15) is 6.10 Å². The minimum Gasteiger partial charge on any atom is -0.389 e. The van der Waals surface area contributed by atoms with Gasteiger partial charge < -0.3 is 14.7 Å². The smallest absolute Gasteiger partial charge is 0.108 e. The van der Waals surface area contributed by atoms with Crippen LogP contribution in [0.2, 0.25) is 10.0 Å². The van der Waals surface area contributed by atoms with Crippen molar-refractivity contribution in [1.82, 2.24) is 4.90 Å². The van der Waals surface area contributed by atoms with Crippen LogP contribution in [0.1, 0.15) is 17.2 Å². The lowest BCUT2D eigenvalue weighted by Crippen LogP contribution is -2.49. The van der Waals surface area contributed by atoms with E-state index in [1.54, 1.807) is 0 Å². The summed E-state index contributed by atoms with van der Waals surface area (Å²) in [6.07, 6.45) is -0.866. The Kier molecular flexibility index (Phi) is 8.06. The van der Waals surface area contributed by atoms with Crippen LogP contribution in [0.5, 0.6) is 0 Å². The summed E-state index contributed by atoms with van der Waals surface area (Å²) >= 11 is 12.1. The topological polar surface area (TPSA) is 35.9 Å². The molecule has 3 aromatic rings. The number of aliphatic hydroxyl groups is 1. The zero-order chi connectivity index (χ0) is 22.3. The van der Waals surface area contributed by atoms with E-state index in [0.717, 1.165) is 37.3 Å². The maximum Gasteiger partial charge on any atom is 0.108 e. The third-order valence-electron chi connectivity index (χ3n) is 5.76. The molecule has 168 valence electrons. The first kappa shape index (κ1) is 23.1. The van der Waals surface area contributed by atoms with Crippen LogP contribution in [0.25, 0.3) is 0 Å². The summed E-state index contributed by atoms with van der Waals surface area (Å²) in [5.74, 6) is 0. The van der Waals surface area contributed by atoms with E-state index in [1.807, 2.05) is 54.6 Å². The van der Waals surface area contributed by atoms with Crippen LogP contribution in [-0.2, 0) is 4.74 Å². The molecular formula is C26H28Cl2N2O2. The van der Waals surface area contributed by atoms with Gasteiger partial charge in [0, 0.05) is 48.5 Å². The first-order valence-electron chi connectivity index (χ1n) is 10.9. The fraction of sp³-hybridized carbons (Fsp3) is 0.308. The van der Waals surface area contributed by atoms with Crippen molar-refractivity contribution in [1.29, 1.82) is 0 Å². The highest BCUT2D eigenvalue weighted by molar-refractivity contribution is 6.30. The molecule has 0 spiro atoms. The van der Waals surface area contributed by atoms with Crippen LogP contribution in [-0.4, -0.2) is 55.4 Å². The maximum absolute atomic E-state index is 10.7. The maximum atomic E-state index is 10.7. The molecule has 0 aromatic heterocycles. The molecule has 6 heteroatoms. The second-order valence-corrected chi connectivity index (χ2v) is 8.97. The van der Waals surface area contributed by atoms with Gasteiger partial charge in [0.05, 0.1) is 12.7 Å². The van der Waals surface area contributed by atoms with E-state index < -0.39 is 6.10 Å². The summed E-state index contributed by atoms with van der Waals surface area (Å²) in [5.41, 5.74) is 3.23. The normalized spacial score (nSPS) is 15.8. The number of hydrogen-bond acceptors (Lipinski definition) is 4. The van der Waals surface area contributed by atoms with Crippen molar-refractivity contribution in [2.24, 2.45) is 0 Å². The first-order chi connectivity index (χ1) is 15.6. The molecule has 4 nitrogen and oxygen atoms in total. The standard InChI is InChI=1S/C26H28Cl2N2O2/c27-22-10-6-20(7-11-22)26(21-8-12-23(28)13-9-21)32-19-25(31)18-29-14-16-30(17-15-29)24-4-2-1-3-5-24/h1-13,25-26,31H,14-19H2/t25-/m0/s1. The number of hydrogen-bond donors (Lipinski definition) is 1. The summed E-state index contributed by atoms with van der Waals surface area (Å²) in [6.45, 7) is 4.59. The number of nitrogens with zero attached hydrogens (tertiary/aromatic N) is 2. The fourth-order valence-electron chi connectivity index (χ4n) is 4.05. The van der Waals surface area contributed by atoms with Crippen molar-refractivity contribution in [3.05, 3.63) is 100 Å². The number of aliphatic hydroxyl groups excluding tert-OH is 1. The van der Waals surface area contributed by atoms with Crippen molar-refractivity contribution in [3.8, 4) is 0 Å². The summed E-state index contributed by atoms with van der Waals surface area (Å²) in [4.78, 5) is 4.68. The van der Waals surface area contributed by atoms with Gasteiger partial charge in [-0.15, -0.1) is 0 Å². The number of para-hydroxylation sites is 1. The second-order valence-electron chi connectivity index (χ2n) is 8.09. The van der Waals surface area contributed by atoms with Crippen molar-refractivity contribution < 1.29 is 9.84 Å². The SMILES string of the molecule is O[C@H](COC(c1ccc(Cl)cc1)c1ccc(Cl)cc1)CN1CCN(c2ccccc2)CC1. The molecule has 1 aliphatic heterocycles. The predicted octanol–water partition coefficient (Wildman–Crippen LogP) is 5.28. The molecule has 0 radical (unpaired) electrons. The molecule has 1 atom stereocenters. The molecule has 1 saturated heterocycles. The van der Waals surface area contributed by atoms with Gasteiger partial charge in [-0.2, -0.15) is 0 Å². The Morgan fingerprint density at radius 1 is 0.750 bits per heavy atom. The Balaban J connectivity index is 1.33. The molecule has 1 fully saturated rings. The number of ether oxygens (including phenoxy) is 1. The number of halogens is 2. The van der Waals surface area contributed by atoms with Gasteiger partial charge in [0.2, 0.25) is 0 Å². The van der Waals surface area contributed by atoms with E-state index in [1.165, 1.54) is 5.69 Å². The summed E-state index contributed by atoms with van der Waals surface area (Å²) < 4.78 is 6.21. The lowest BCUT2D eigenvalue weighted by atomic mass is 10.0. The van der Waals surface area contributed by atoms with Crippen molar-refractivity contribution >= 4 is 28.9 Å². The largest absolute Gasteiger partial charge is 0.389 e. The van der Waals surface area contributed by atoms with Crippen molar-refractivity contribution in [2.75, 3.05) is 44.2 Å². The lowest BCUT2D eigenvalue weighted by molar-refractivity contribution is -0.00893. The molecule has 0 bridgehead atoms. The Morgan fingerprint density at radius 2 is 1.28 bits per heavy atom. The van der Waals surface area contributed by atoms with Gasteiger partial charge in [-0.1, -0.05) is 65.7 Å². The molecule has 0 unspecified atom stereocenters. The van der Waals surface area contributed by atoms with E-state index in [9.17, 15) is 5.11 Å². The minimum atomic E-state index is -0.569. The van der Waals surface area contributed by atoms with Crippen molar-refractivity contribution in [2.45, 2.75) is 12.2 Å². The van der Waals surface area contributed by atoms with Gasteiger partial charge in [0.15, 0.2) is 0 Å². The van der Waals surface area contributed by atoms with Crippen LogP contribution < -0.4 is 4.90 Å². The van der Waals surface area contributed by atoms with Crippen LogP contribution in [0.4, 0.5) is 5.69 Å². The minimum absolute atomic E-state index is 0.245. The molecule has 32 heavy (non-hydrogen) atoms. The number of β-amino-alcohol motifs (C(OH)–C–C–N with tert-alkyl or cyclic N) is 1. The molecule has 1 heterocycles. The Bertz CT molecular complexity index is 914. The van der Waals surface area contributed by atoms with Gasteiger partial charge in [-0.3, -0.25) is 4.90 Å². The van der Waals surface area contributed by atoms with E-state index in [4.69, 9.17) is 27.9 Å². The third-order valence-corrected chi connectivity index (χ3v) is 6.27. The summed E-state index contributed by atoms with van der Waals surface area (Å²) in [7, 11) is 0. The van der Waals surface area contributed by atoms with Gasteiger partial charge >= 0.3 is 0 Å². The number of rotatable bonds is 8. The van der Waals surface area contributed by atoms with Crippen LogP contribution in [0.15, 0.2) is 78.9 Å². The van der Waals surface area contributed by atoms with Gasteiger partial charge in [-0.25, -0.2) is 0 Å². The van der Waals surface area contributed by atoms with Crippen LogP contribution in [0.3, 0.4) is 0 Å². The van der Waals surface area contributed by atoms with Crippen LogP contribution in [0, 0.1) is 0 Å². The zero-order valence-corrected chi connectivity index (χ0v) is 19.4. The van der Waals surface area contributed by atoms with E-state index in [0.29, 0.717) is 16.6 Å². The number of piperazine rings is 1. The van der Waals surface area contributed by atoms with E-state index in [-0.39, 0.29) is 12.7 Å². The van der Waals surface area contributed by atoms with Gasteiger partial charge in [0.25, 0.3) is 0 Å². The fourth-order valence-corrected chi connectivity index (χ4v) is 4.30. The summed E-state index contributed by atoms with van der Waals surface area (Å²) in [6, 6.07) is 25.7. The number of anilines is 1. The molecule has 1 N–H and O–H groups in total. The molecular weight excluding hydrogens is 443 g/mol. The van der Waals surface area contributed by atoms with Crippen molar-refractivity contribution in [3.63, 3.8) is 0 Å². The Labute approximate surface area is 199 Å².